The first-order valence-electron chi connectivity index (χ1n) is 6.13. The molecule has 0 radical (unpaired) electrons. The number of sulfone groups is 1. The quantitative estimate of drug-likeness (QED) is 0.726. The van der Waals surface area contributed by atoms with Gasteiger partial charge in [0.25, 0.3) is 0 Å². The zero-order valence-corrected chi connectivity index (χ0v) is 11.6. The molecule has 19 heavy (non-hydrogen) atoms. The lowest BCUT2D eigenvalue weighted by Gasteiger charge is -2.23. The largest absolute Gasteiger partial charge is 0.349 e. The summed E-state index contributed by atoms with van der Waals surface area (Å²) in [7, 11) is -1.15. The molecule has 2 N–H and O–H groups in total. The van der Waals surface area contributed by atoms with Gasteiger partial charge in [-0.25, -0.2) is 13.4 Å². The summed E-state index contributed by atoms with van der Waals surface area (Å²) in [4.78, 5) is 15.8. The minimum absolute atomic E-state index is 0.0306. The van der Waals surface area contributed by atoms with Gasteiger partial charge < -0.3 is 15.2 Å². The summed E-state index contributed by atoms with van der Waals surface area (Å²) in [6, 6.07) is -0.292. The summed E-state index contributed by atoms with van der Waals surface area (Å²) >= 11 is 0. The highest BCUT2D eigenvalue weighted by atomic mass is 32.2. The fourth-order valence-corrected chi connectivity index (χ4v) is 3.48. The van der Waals surface area contributed by atoms with E-state index in [-0.39, 0.29) is 29.9 Å². The fraction of sp³-hybridized carbons (Fsp3) is 0.636. The number of aryl methyl sites for hydroxylation is 1. The van der Waals surface area contributed by atoms with E-state index in [0.29, 0.717) is 13.1 Å². The van der Waals surface area contributed by atoms with Gasteiger partial charge in [0.05, 0.1) is 18.1 Å². The van der Waals surface area contributed by atoms with E-state index in [2.05, 4.69) is 15.6 Å². The molecule has 1 saturated heterocycles. The van der Waals surface area contributed by atoms with Crippen molar-refractivity contribution in [2.75, 3.05) is 18.1 Å². The van der Waals surface area contributed by atoms with Crippen molar-refractivity contribution < 1.29 is 13.2 Å². The summed E-state index contributed by atoms with van der Waals surface area (Å²) in [6.45, 7) is 0.765. The van der Waals surface area contributed by atoms with Crippen molar-refractivity contribution in [2.45, 2.75) is 19.0 Å². The molecule has 0 bridgehead atoms. The van der Waals surface area contributed by atoms with E-state index < -0.39 is 9.84 Å². The second-order valence-electron chi connectivity index (χ2n) is 4.70. The van der Waals surface area contributed by atoms with Crippen LogP contribution in [0.4, 0.5) is 0 Å². The van der Waals surface area contributed by atoms with Crippen molar-refractivity contribution in [1.82, 2.24) is 20.2 Å². The zero-order chi connectivity index (χ0) is 13.9. The van der Waals surface area contributed by atoms with Crippen LogP contribution in [0.25, 0.3) is 0 Å². The van der Waals surface area contributed by atoms with Crippen molar-refractivity contribution in [3.63, 3.8) is 0 Å². The maximum Gasteiger partial charge on any atom is 0.221 e. The van der Waals surface area contributed by atoms with Gasteiger partial charge in [-0.15, -0.1) is 0 Å². The van der Waals surface area contributed by atoms with E-state index in [0.717, 1.165) is 5.82 Å². The maximum absolute atomic E-state index is 11.7. The highest BCUT2D eigenvalue weighted by Gasteiger charge is 2.25. The van der Waals surface area contributed by atoms with Crippen molar-refractivity contribution in [3.8, 4) is 0 Å². The minimum Gasteiger partial charge on any atom is -0.349 e. The van der Waals surface area contributed by atoms with Crippen LogP contribution in [0.15, 0.2) is 12.4 Å². The number of rotatable bonds is 4. The number of carbonyl (C=O) groups excluding carboxylic acids is 1. The van der Waals surface area contributed by atoms with E-state index in [4.69, 9.17) is 0 Å². The summed E-state index contributed by atoms with van der Waals surface area (Å²) in [6.07, 6.45) is 3.64. The van der Waals surface area contributed by atoms with Crippen LogP contribution in [0.3, 0.4) is 0 Å². The Morgan fingerprint density at radius 2 is 2.42 bits per heavy atom. The first kappa shape index (κ1) is 14.0. The number of imidazole rings is 1. The Morgan fingerprint density at radius 3 is 3.05 bits per heavy atom. The van der Waals surface area contributed by atoms with Gasteiger partial charge in [0.1, 0.15) is 5.82 Å². The molecule has 1 aliphatic rings. The van der Waals surface area contributed by atoms with Crippen LogP contribution in [0, 0.1) is 0 Å². The highest BCUT2D eigenvalue weighted by molar-refractivity contribution is 7.91. The molecule has 8 heteroatoms. The standard InChI is InChI=1S/C11H18N4O3S/c1-15-4-2-13-10(15)7-14-11(16)6-9-8-19(17,18)5-3-12-9/h2,4,9,12H,3,5-8H2,1H3,(H,14,16). The normalized spacial score (nSPS) is 22.1. The number of nitrogens with one attached hydrogen (secondary N) is 2. The number of nitrogens with zero attached hydrogens (tertiary/aromatic N) is 2. The van der Waals surface area contributed by atoms with Gasteiger partial charge in [-0.1, -0.05) is 0 Å². The minimum atomic E-state index is -3.00. The van der Waals surface area contributed by atoms with E-state index in [9.17, 15) is 13.2 Å². The summed E-state index contributed by atoms with van der Waals surface area (Å²) in [5.41, 5.74) is 0. The third-order valence-corrected chi connectivity index (χ3v) is 4.83. The van der Waals surface area contributed by atoms with Crippen LogP contribution >= 0.6 is 0 Å². The molecular formula is C11H18N4O3S. The van der Waals surface area contributed by atoms with Crippen LogP contribution < -0.4 is 10.6 Å². The predicted octanol–water partition coefficient (Wildman–Crippen LogP) is -1.19. The molecule has 0 aromatic carbocycles. The molecule has 0 saturated carbocycles. The third kappa shape index (κ3) is 4.03. The lowest BCUT2D eigenvalue weighted by atomic mass is 10.2. The van der Waals surface area contributed by atoms with Crippen LogP contribution in [-0.4, -0.2) is 48.0 Å². The van der Waals surface area contributed by atoms with Gasteiger partial charge in [0.15, 0.2) is 9.84 Å². The third-order valence-electron chi connectivity index (χ3n) is 3.10. The molecule has 1 aromatic heterocycles. The molecule has 0 aliphatic carbocycles. The molecule has 0 spiro atoms. The van der Waals surface area contributed by atoms with E-state index >= 15 is 0 Å². The van der Waals surface area contributed by atoms with Crippen LogP contribution in [0.1, 0.15) is 12.2 Å². The van der Waals surface area contributed by atoms with Gasteiger partial charge in [-0.05, 0) is 0 Å². The average Bonchev–Trinajstić information content (AvgIpc) is 2.71. The maximum atomic E-state index is 11.7. The molecule has 1 unspecified atom stereocenters. The Balaban J connectivity index is 1.80. The van der Waals surface area contributed by atoms with Crippen LogP contribution in [0.5, 0.6) is 0 Å². The Labute approximate surface area is 112 Å². The zero-order valence-electron chi connectivity index (χ0n) is 10.8. The van der Waals surface area contributed by atoms with E-state index in [1.165, 1.54) is 0 Å². The van der Waals surface area contributed by atoms with Crippen molar-refractivity contribution in [3.05, 3.63) is 18.2 Å². The lowest BCUT2D eigenvalue weighted by Crippen LogP contribution is -2.47. The molecular weight excluding hydrogens is 268 g/mol. The van der Waals surface area contributed by atoms with Crippen LogP contribution in [-0.2, 0) is 28.2 Å². The van der Waals surface area contributed by atoms with Gasteiger partial charge in [-0.2, -0.15) is 0 Å². The Kier molecular flexibility index (Phi) is 4.20. The number of carbonyl (C=O) groups is 1. The molecule has 106 valence electrons. The fourth-order valence-electron chi connectivity index (χ4n) is 2.04. The van der Waals surface area contributed by atoms with E-state index in [1.807, 2.05) is 11.6 Å². The molecule has 1 fully saturated rings. The molecule has 2 heterocycles. The van der Waals surface area contributed by atoms with Crippen LogP contribution in [0.2, 0.25) is 0 Å². The van der Waals surface area contributed by atoms with Gasteiger partial charge in [0, 0.05) is 38.4 Å². The topological polar surface area (TPSA) is 93.1 Å². The summed E-state index contributed by atoms with van der Waals surface area (Å²) < 4.78 is 24.7. The van der Waals surface area contributed by atoms with Crippen molar-refractivity contribution in [1.29, 1.82) is 0 Å². The number of amides is 1. The van der Waals surface area contributed by atoms with Gasteiger partial charge in [0.2, 0.25) is 5.91 Å². The first-order valence-corrected chi connectivity index (χ1v) is 7.95. The lowest BCUT2D eigenvalue weighted by molar-refractivity contribution is -0.121. The second kappa shape index (κ2) is 5.70. The molecule has 2 rings (SSSR count). The number of aromatic nitrogens is 2. The van der Waals surface area contributed by atoms with E-state index in [1.54, 1.807) is 12.4 Å². The highest BCUT2D eigenvalue weighted by Crippen LogP contribution is 2.05. The van der Waals surface area contributed by atoms with Gasteiger partial charge in [-0.3, -0.25) is 4.79 Å². The molecule has 1 atom stereocenters. The summed E-state index contributed by atoms with van der Waals surface area (Å²) in [5, 5.41) is 5.79. The molecule has 1 aliphatic heterocycles. The molecule has 1 aromatic rings. The molecule has 1 amide bonds. The Hall–Kier alpha value is -1.41. The summed E-state index contributed by atoms with van der Waals surface area (Å²) in [5.74, 6) is 0.775. The van der Waals surface area contributed by atoms with Gasteiger partial charge >= 0.3 is 0 Å². The Morgan fingerprint density at radius 1 is 1.63 bits per heavy atom. The second-order valence-corrected chi connectivity index (χ2v) is 6.93. The average molecular weight is 286 g/mol. The van der Waals surface area contributed by atoms with Crippen molar-refractivity contribution in [2.24, 2.45) is 7.05 Å². The number of hydrogen-bond acceptors (Lipinski definition) is 5. The Bertz CT molecular complexity index is 552. The monoisotopic (exact) mass is 286 g/mol. The first-order chi connectivity index (χ1) is 8.96. The molecule has 7 nitrogen and oxygen atoms in total. The predicted molar refractivity (Wildman–Crippen MR) is 70.1 cm³/mol. The smallest absolute Gasteiger partial charge is 0.221 e. The van der Waals surface area contributed by atoms with Crippen molar-refractivity contribution >= 4 is 15.7 Å². The SMILES string of the molecule is Cn1ccnc1CNC(=O)CC1CS(=O)(=O)CCN1. The number of hydrogen-bond donors (Lipinski definition) is 2.